The minimum absolute atomic E-state index is 0.0260. The molecule has 3 amide bonds. The highest BCUT2D eigenvalue weighted by molar-refractivity contribution is 6.39. The predicted octanol–water partition coefficient (Wildman–Crippen LogP) is 1.96. The van der Waals surface area contributed by atoms with Crippen LogP contribution in [-0.4, -0.2) is 70.3 Å². The van der Waals surface area contributed by atoms with Crippen molar-refractivity contribution in [3.8, 4) is 0 Å². The number of amides is 3. The number of piperidine rings is 1. The summed E-state index contributed by atoms with van der Waals surface area (Å²) >= 11 is 12.3. The highest BCUT2D eigenvalue weighted by atomic mass is 35.5. The van der Waals surface area contributed by atoms with Gasteiger partial charge in [-0.2, -0.15) is 5.10 Å². The van der Waals surface area contributed by atoms with Crippen LogP contribution in [0.1, 0.15) is 53.1 Å². The van der Waals surface area contributed by atoms with E-state index in [0.717, 1.165) is 0 Å². The number of likely N-dealkylation sites (tertiary alicyclic amines) is 1. The lowest BCUT2D eigenvalue weighted by Crippen LogP contribution is -2.51. The maximum Gasteiger partial charge on any atom is 0.269 e. The van der Waals surface area contributed by atoms with Crippen molar-refractivity contribution in [2.45, 2.75) is 45.2 Å². The third kappa shape index (κ3) is 6.83. The van der Waals surface area contributed by atoms with Crippen LogP contribution < -0.4 is 16.4 Å². The molecule has 194 valence electrons. The molecule has 0 saturated carbocycles. The molecule has 1 atom stereocenters. The molecule has 1 aliphatic heterocycles. The average molecular weight is 537 g/mol. The van der Waals surface area contributed by atoms with Gasteiger partial charge in [-0.05, 0) is 30.9 Å². The van der Waals surface area contributed by atoms with Crippen LogP contribution in [0.2, 0.25) is 10.0 Å². The van der Waals surface area contributed by atoms with Crippen LogP contribution in [-0.2, 0) is 16.0 Å². The number of Topliss-reactive ketones (excluding diaryl/α,β-unsaturated/α-hetero) is 1. The summed E-state index contributed by atoms with van der Waals surface area (Å²) in [6.45, 7) is 4.44. The van der Waals surface area contributed by atoms with E-state index in [1.807, 2.05) is 13.8 Å². The van der Waals surface area contributed by atoms with Crippen molar-refractivity contribution in [3.63, 3.8) is 0 Å². The van der Waals surface area contributed by atoms with Crippen LogP contribution in [0.4, 0.5) is 0 Å². The molecule has 1 aliphatic rings. The number of halogens is 2. The van der Waals surface area contributed by atoms with E-state index in [1.54, 1.807) is 23.1 Å². The Morgan fingerprint density at radius 3 is 2.42 bits per heavy atom. The third-order valence-corrected chi connectivity index (χ3v) is 6.79. The van der Waals surface area contributed by atoms with Crippen LogP contribution in [0, 0.1) is 5.92 Å². The number of benzene rings is 1. The van der Waals surface area contributed by atoms with Crippen molar-refractivity contribution in [1.82, 2.24) is 25.7 Å². The summed E-state index contributed by atoms with van der Waals surface area (Å²) in [6.07, 6.45) is 2.43. The van der Waals surface area contributed by atoms with Gasteiger partial charge in [0.05, 0.1) is 34.4 Å². The predicted molar refractivity (Wildman–Crippen MR) is 136 cm³/mol. The summed E-state index contributed by atoms with van der Waals surface area (Å²) < 4.78 is 0. The zero-order chi connectivity index (χ0) is 26.4. The number of rotatable bonds is 9. The maximum atomic E-state index is 12.9. The Morgan fingerprint density at radius 1 is 1.17 bits per heavy atom. The normalized spacial score (nSPS) is 15.0. The molecule has 0 aliphatic carbocycles. The zero-order valence-corrected chi connectivity index (χ0v) is 21.7. The first kappa shape index (κ1) is 27.6. The van der Waals surface area contributed by atoms with E-state index < -0.39 is 6.04 Å². The SMILES string of the molecule is CC(C)[C@H](N)C(=O)NCC(=O)N1CCC(NC(=O)c2[nH]ncc2CC(=O)c2c(Cl)cccc2Cl)CC1. The molecule has 1 saturated heterocycles. The van der Waals surface area contributed by atoms with E-state index in [2.05, 4.69) is 20.8 Å². The summed E-state index contributed by atoms with van der Waals surface area (Å²) in [6, 6.07) is 3.98. The molecule has 3 rings (SSSR count). The lowest BCUT2D eigenvalue weighted by Gasteiger charge is -2.32. The summed E-state index contributed by atoms with van der Waals surface area (Å²) in [5.74, 6) is -1.29. The van der Waals surface area contributed by atoms with E-state index >= 15 is 0 Å². The second-order valence-electron chi connectivity index (χ2n) is 9.08. The fourth-order valence-electron chi connectivity index (χ4n) is 3.89. The Labute approximate surface area is 219 Å². The topological polar surface area (TPSA) is 150 Å². The number of aromatic nitrogens is 2. The Kier molecular flexibility index (Phi) is 9.47. The van der Waals surface area contributed by atoms with Crippen LogP contribution >= 0.6 is 23.2 Å². The third-order valence-electron chi connectivity index (χ3n) is 6.16. The van der Waals surface area contributed by atoms with E-state index in [4.69, 9.17) is 28.9 Å². The number of ketones is 1. The number of hydrogen-bond donors (Lipinski definition) is 4. The van der Waals surface area contributed by atoms with E-state index in [9.17, 15) is 19.2 Å². The molecule has 0 unspecified atom stereocenters. The summed E-state index contributed by atoms with van der Waals surface area (Å²) in [4.78, 5) is 51.7. The summed E-state index contributed by atoms with van der Waals surface area (Å²) in [5, 5.41) is 12.6. The first-order chi connectivity index (χ1) is 17.1. The number of carbonyl (C=O) groups excluding carboxylic acids is 4. The monoisotopic (exact) mass is 536 g/mol. The lowest BCUT2D eigenvalue weighted by molar-refractivity contribution is -0.134. The van der Waals surface area contributed by atoms with Gasteiger partial charge in [0.15, 0.2) is 5.78 Å². The van der Waals surface area contributed by atoms with Crippen molar-refractivity contribution in [2.75, 3.05) is 19.6 Å². The highest BCUT2D eigenvalue weighted by Crippen LogP contribution is 2.26. The molecule has 0 bridgehead atoms. The van der Waals surface area contributed by atoms with Gasteiger partial charge in [0.2, 0.25) is 11.8 Å². The molecule has 1 aromatic carbocycles. The van der Waals surface area contributed by atoms with Gasteiger partial charge in [-0.15, -0.1) is 0 Å². The Hall–Kier alpha value is -2.95. The number of aromatic amines is 1. The number of nitrogens with one attached hydrogen (secondary N) is 3. The van der Waals surface area contributed by atoms with Gasteiger partial charge in [0.1, 0.15) is 5.69 Å². The first-order valence-corrected chi connectivity index (χ1v) is 12.5. The second kappa shape index (κ2) is 12.3. The molecule has 12 heteroatoms. The minimum atomic E-state index is -0.664. The molecular formula is C24H30Cl2N6O4. The van der Waals surface area contributed by atoms with Gasteiger partial charge in [0, 0.05) is 31.1 Å². The zero-order valence-electron chi connectivity index (χ0n) is 20.1. The Morgan fingerprint density at radius 2 is 1.81 bits per heavy atom. The van der Waals surface area contributed by atoms with Crippen molar-refractivity contribution in [1.29, 1.82) is 0 Å². The van der Waals surface area contributed by atoms with Crippen LogP contribution in [0.3, 0.4) is 0 Å². The molecule has 2 heterocycles. The molecule has 10 nitrogen and oxygen atoms in total. The average Bonchev–Trinajstić information content (AvgIpc) is 3.30. The number of carbonyl (C=O) groups is 4. The second-order valence-corrected chi connectivity index (χ2v) is 9.90. The molecule has 0 radical (unpaired) electrons. The van der Waals surface area contributed by atoms with Gasteiger partial charge in [-0.3, -0.25) is 24.3 Å². The standard InChI is InChI=1S/C24H30Cl2N6O4/c1-13(2)21(27)23(35)28-12-19(34)32-8-6-15(7-9-32)30-24(36)22-14(11-29-31-22)10-18(33)20-16(25)4-3-5-17(20)26/h3-5,11,13,15,21H,6-10,12,27H2,1-2H3,(H,28,35)(H,29,31)(H,30,36)/t21-/m0/s1. The fourth-order valence-corrected chi connectivity index (χ4v) is 4.50. The number of nitrogens with two attached hydrogens (primary N) is 1. The van der Waals surface area contributed by atoms with Crippen molar-refractivity contribution < 1.29 is 19.2 Å². The molecule has 36 heavy (non-hydrogen) atoms. The van der Waals surface area contributed by atoms with Crippen LogP contribution in [0.5, 0.6) is 0 Å². The lowest BCUT2D eigenvalue weighted by atomic mass is 10.0. The van der Waals surface area contributed by atoms with Crippen molar-refractivity contribution in [2.24, 2.45) is 11.7 Å². The van der Waals surface area contributed by atoms with Crippen molar-refractivity contribution in [3.05, 3.63) is 51.3 Å². The summed E-state index contributed by atoms with van der Waals surface area (Å²) in [7, 11) is 0. The molecule has 1 aromatic heterocycles. The quantitative estimate of drug-likeness (QED) is 0.359. The molecular weight excluding hydrogens is 507 g/mol. The first-order valence-electron chi connectivity index (χ1n) is 11.7. The summed E-state index contributed by atoms with van der Waals surface area (Å²) in [5.41, 5.74) is 6.61. The highest BCUT2D eigenvalue weighted by Gasteiger charge is 2.27. The van der Waals surface area contributed by atoms with E-state index in [1.165, 1.54) is 6.20 Å². The molecule has 0 spiro atoms. The van der Waals surface area contributed by atoms with E-state index in [0.29, 0.717) is 31.5 Å². The molecule has 5 N–H and O–H groups in total. The fraction of sp³-hybridized carbons (Fsp3) is 0.458. The Balaban J connectivity index is 1.50. The van der Waals surface area contributed by atoms with Gasteiger partial charge in [-0.1, -0.05) is 43.1 Å². The molecule has 1 fully saturated rings. The van der Waals surface area contributed by atoms with Gasteiger partial charge < -0.3 is 21.3 Å². The van der Waals surface area contributed by atoms with Gasteiger partial charge >= 0.3 is 0 Å². The van der Waals surface area contributed by atoms with Gasteiger partial charge in [0.25, 0.3) is 5.91 Å². The van der Waals surface area contributed by atoms with Crippen LogP contribution in [0.25, 0.3) is 0 Å². The minimum Gasteiger partial charge on any atom is -0.348 e. The van der Waals surface area contributed by atoms with Gasteiger partial charge in [-0.25, -0.2) is 0 Å². The van der Waals surface area contributed by atoms with Crippen molar-refractivity contribution >= 4 is 46.7 Å². The largest absolute Gasteiger partial charge is 0.348 e. The number of nitrogens with zero attached hydrogens (tertiary/aromatic N) is 2. The number of hydrogen-bond acceptors (Lipinski definition) is 6. The smallest absolute Gasteiger partial charge is 0.269 e. The van der Waals surface area contributed by atoms with Crippen LogP contribution in [0.15, 0.2) is 24.4 Å². The number of H-pyrrole nitrogens is 1. The molecule has 2 aromatic rings. The maximum absolute atomic E-state index is 12.9. The Bertz CT molecular complexity index is 1110. The van der Waals surface area contributed by atoms with E-state index in [-0.39, 0.29) is 69.7 Å².